The van der Waals surface area contributed by atoms with Gasteiger partial charge in [0.1, 0.15) is 5.82 Å². The standard InChI is InChI=1S/C33H33FN4O4.K.H/c1-5-9-29-35-27(6-2)30(23-16-17-28(26(34)18-23)41-20(3)4)32(39)38(29)19-21-12-14-22(15-13-21)24-10-7-8-11-25(24)31-36-33(40)42-37-31;;/h7-8,10-18,20H,5-6,9,19H2,1-4H3,(H,36,37,40);;. The number of halogens is 1. The van der Waals surface area contributed by atoms with E-state index in [0.717, 1.165) is 28.7 Å². The van der Waals surface area contributed by atoms with Gasteiger partial charge in [0, 0.05) is 12.0 Å². The summed E-state index contributed by atoms with van der Waals surface area (Å²) in [5, 5.41) is 3.83. The number of rotatable bonds is 10. The van der Waals surface area contributed by atoms with Gasteiger partial charge in [-0.05, 0) is 61.1 Å². The van der Waals surface area contributed by atoms with Crippen LogP contribution in [0, 0.1) is 5.82 Å². The molecular weight excluding hydrogens is 574 g/mol. The molecule has 0 spiro atoms. The quantitative estimate of drug-likeness (QED) is 0.202. The fraction of sp³-hybridized carbons (Fsp3) is 0.273. The average molecular weight is 609 g/mol. The number of benzene rings is 3. The molecule has 0 bridgehead atoms. The molecular formula is C33H34FKN4O4. The Kier molecular flexibility index (Phi) is 11.1. The summed E-state index contributed by atoms with van der Waals surface area (Å²) in [5.74, 6) is 0.0721. The van der Waals surface area contributed by atoms with Crippen molar-refractivity contribution in [1.82, 2.24) is 19.7 Å². The van der Waals surface area contributed by atoms with Crippen LogP contribution in [0.4, 0.5) is 4.39 Å². The van der Waals surface area contributed by atoms with Gasteiger partial charge in [-0.2, -0.15) is 0 Å². The van der Waals surface area contributed by atoms with Crippen LogP contribution in [-0.4, -0.2) is 77.2 Å². The predicted molar refractivity (Wildman–Crippen MR) is 167 cm³/mol. The van der Waals surface area contributed by atoms with E-state index in [2.05, 4.69) is 10.1 Å². The normalized spacial score (nSPS) is 11.0. The van der Waals surface area contributed by atoms with Crippen LogP contribution in [0.25, 0.3) is 33.6 Å². The second kappa shape index (κ2) is 14.5. The predicted octanol–water partition coefficient (Wildman–Crippen LogP) is 5.76. The molecule has 0 amide bonds. The first-order valence-corrected chi connectivity index (χ1v) is 14.1. The van der Waals surface area contributed by atoms with Gasteiger partial charge < -0.3 is 4.74 Å². The number of aryl methyl sites for hydroxylation is 2. The molecule has 0 aliphatic heterocycles. The summed E-state index contributed by atoms with van der Waals surface area (Å²) in [4.78, 5) is 33.0. The molecule has 3 aromatic carbocycles. The van der Waals surface area contributed by atoms with Crippen molar-refractivity contribution in [3.8, 4) is 39.4 Å². The fourth-order valence-electron chi connectivity index (χ4n) is 5.04. The topological polar surface area (TPSA) is 103 Å². The molecule has 5 rings (SSSR count). The minimum absolute atomic E-state index is 0. The van der Waals surface area contributed by atoms with E-state index < -0.39 is 11.6 Å². The number of nitrogens with zero attached hydrogens (tertiary/aromatic N) is 3. The van der Waals surface area contributed by atoms with Gasteiger partial charge in [0.25, 0.3) is 5.56 Å². The van der Waals surface area contributed by atoms with Crippen molar-refractivity contribution in [1.29, 1.82) is 0 Å². The SMILES string of the molecule is CCCc1nc(CC)c(-c2ccc(OC(C)C)c(F)c2)c(=O)n1Cc1ccc(-c2ccccc2-c2noc(=O)[nH]2)cc1.[KH]. The molecule has 0 saturated carbocycles. The molecule has 0 unspecified atom stereocenters. The van der Waals surface area contributed by atoms with E-state index in [-0.39, 0.29) is 68.8 Å². The van der Waals surface area contributed by atoms with Crippen LogP contribution < -0.4 is 16.1 Å². The van der Waals surface area contributed by atoms with Crippen LogP contribution in [0.2, 0.25) is 0 Å². The van der Waals surface area contributed by atoms with Crippen molar-refractivity contribution < 1.29 is 13.7 Å². The summed E-state index contributed by atoms with van der Waals surface area (Å²) in [5.41, 5.74) is 4.76. The average Bonchev–Trinajstić information content (AvgIpc) is 3.42. The molecule has 0 atom stereocenters. The van der Waals surface area contributed by atoms with Gasteiger partial charge in [0.15, 0.2) is 17.4 Å². The molecule has 0 fully saturated rings. The van der Waals surface area contributed by atoms with E-state index in [1.807, 2.05) is 76.2 Å². The third-order valence-electron chi connectivity index (χ3n) is 6.94. The van der Waals surface area contributed by atoms with Crippen LogP contribution in [0.5, 0.6) is 5.75 Å². The molecule has 0 aliphatic carbocycles. The van der Waals surface area contributed by atoms with Crippen LogP contribution in [0.15, 0.2) is 80.8 Å². The molecule has 10 heteroatoms. The minimum atomic E-state index is -0.617. The van der Waals surface area contributed by atoms with Gasteiger partial charge >= 0.3 is 57.1 Å². The number of ether oxygens (including phenoxy) is 1. The Hall–Kier alpha value is -3.15. The fourth-order valence-corrected chi connectivity index (χ4v) is 5.04. The maximum atomic E-state index is 14.9. The maximum absolute atomic E-state index is 14.9. The number of aromatic nitrogens is 4. The number of aromatic amines is 1. The third-order valence-corrected chi connectivity index (χ3v) is 6.94. The summed E-state index contributed by atoms with van der Waals surface area (Å²) in [7, 11) is 0. The molecule has 0 radical (unpaired) electrons. The Labute approximate surface area is 291 Å². The number of hydrogen-bond acceptors (Lipinski definition) is 6. The van der Waals surface area contributed by atoms with Crippen LogP contribution in [0.1, 0.15) is 51.2 Å². The Morgan fingerprint density at radius 3 is 2.28 bits per heavy atom. The van der Waals surface area contributed by atoms with E-state index in [1.54, 1.807) is 16.7 Å². The van der Waals surface area contributed by atoms with Gasteiger partial charge in [-0.25, -0.2) is 14.2 Å². The van der Waals surface area contributed by atoms with Crippen molar-refractivity contribution >= 4 is 51.4 Å². The zero-order chi connectivity index (χ0) is 29.8. The van der Waals surface area contributed by atoms with Crippen LogP contribution >= 0.6 is 0 Å². The van der Waals surface area contributed by atoms with Gasteiger partial charge in [0.2, 0.25) is 0 Å². The number of nitrogens with one attached hydrogen (secondary N) is 1. The van der Waals surface area contributed by atoms with Crippen molar-refractivity contribution in [2.24, 2.45) is 0 Å². The Morgan fingerprint density at radius 2 is 1.67 bits per heavy atom. The van der Waals surface area contributed by atoms with Gasteiger partial charge in [-0.3, -0.25) is 18.9 Å². The summed E-state index contributed by atoms with van der Waals surface area (Å²) >= 11 is 0. The van der Waals surface area contributed by atoms with E-state index >= 15 is 0 Å². The Bertz CT molecular complexity index is 1830. The molecule has 2 heterocycles. The van der Waals surface area contributed by atoms with Crippen molar-refractivity contribution in [2.75, 3.05) is 0 Å². The Balaban J connectivity index is 0.00000423. The Morgan fingerprint density at radius 1 is 0.977 bits per heavy atom. The van der Waals surface area contributed by atoms with E-state index in [1.165, 1.54) is 6.07 Å². The molecule has 1 N–H and O–H groups in total. The summed E-state index contributed by atoms with van der Waals surface area (Å²) < 4.78 is 26.9. The first-order valence-electron chi connectivity index (χ1n) is 14.1. The second-order valence-corrected chi connectivity index (χ2v) is 10.3. The third kappa shape index (κ3) is 7.33. The van der Waals surface area contributed by atoms with E-state index in [0.29, 0.717) is 47.9 Å². The van der Waals surface area contributed by atoms with Gasteiger partial charge in [-0.15, -0.1) is 0 Å². The van der Waals surface area contributed by atoms with Gasteiger partial charge in [0.05, 0.1) is 23.9 Å². The number of hydrogen-bond donors (Lipinski definition) is 1. The van der Waals surface area contributed by atoms with Crippen molar-refractivity contribution in [2.45, 2.75) is 59.6 Å². The molecule has 8 nitrogen and oxygen atoms in total. The monoisotopic (exact) mass is 608 g/mol. The molecule has 43 heavy (non-hydrogen) atoms. The molecule has 5 aromatic rings. The van der Waals surface area contributed by atoms with Gasteiger partial charge in [-0.1, -0.05) is 73.6 Å². The summed E-state index contributed by atoms with van der Waals surface area (Å²) in [6.07, 6.45) is 1.83. The van der Waals surface area contributed by atoms with Crippen molar-refractivity contribution in [3.05, 3.63) is 111 Å². The first-order chi connectivity index (χ1) is 20.3. The zero-order valence-electron chi connectivity index (χ0n) is 24.1. The molecule has 218 valence electrons. The number of H-pyrrole nitrogens is 1. The van der Waals surface area contributed by atoms with Crippen molar-refractivity contribution in [3.63, 3.8) is 0 Å². The van der Waals surface area contributed by atoms with Crippen LogP contribution in [-0.2, 0) is 19.4 Å². The van der Waals surface area contributed by atoms with Crippen LogP contribution in [0.3, 0.4) is 0 Å². The van der Waals surface area contributed by atoms with E-state index in [4.69, 9.17) is 14.2 Å². The van der Waals surface area contributed by atoms with E-state index in [9.17, 15) is 14.0 Å². The summed E-state index contributed by atoms with van der Waals surface area (Å²) in [6.45, 7) is 7.98. The zero-order valence-corrected chi connectivity index (χ0v) is 24.1. The molecule has 0 aliphatic rings. The molecule has 0 saturated heterocycles. The summed E-state index contributed by atoms with van der Waals surface area (Å²) in [6, 6.07) is 20.1. The second-order valence-electron chi connectivity index (χ2n) is 10.3. The molecule has 2 aromatic heterocycles. The first kappa shape index (κ1) is 32.8.